The Labute approximate surface area is 116 Å². The number of rotatable bonds is 5. The zero-order valence-corrected chi connectivity index (χ0v) is 10.5. The van der Waals surface area contributed by atoms with Gasteiger partial charge in [0.2, 0.25) is 0 Å². The van der Waals surface area contributed by atoms with Gasteiger partial charge >= 0.3 is 35.0 Å². The van der Waals surface area contributed by atoms with E-state index in [1.54, 1.807) is 0 Å². The molecule has 0 aliphatic rings. The van der Waals surface area contributed by atoms with Gasteiger partial charge in [-0.05, 0) is 0 Å². The Kier molecular flexibility index (Phi) is 10.6. The first-order valence-corrected chi connectivity index (χ1v) is 5.17. The van der Waals surface area contributed by atoms with Crippen molar-refractivity contribution in [2.75, 3.05) is 0 Å². The van der Waals surface area contributed by atoms with Gasteiger partial charge in [0.15, 0.2) is 5.60 Å². The number of carbonyl (C=O) groups is 3. The first-order valence-electron chi connectivity index (χ1n) is 3.84. The van der Waals surface area contributed by atoms with E-state index in [1.807, 2.05) is 0 Å². The normalized spacial score (nSPS) is 10.5. The summed E-state index contributed by atoms with van der Waals surface area (Å²) in [6.45, 7) is 0. The van der Waals surface area contributed by atoms with Crippen molar-refractivity contribution in [1.82, 2.24) is 0 Å². The zero-order valence-electron chi connectivity index (χ0n) is 8.77. The van der Waals surface area contributed by atoms with Crippen molar-refractivity contribution in [3.05, 3.63) is 0 Å². The molecule has 0 saturated carbocycles. The Hall–Kier alpha value is -1.24. The molecule has 19 heavy (non-hydrogen) atoms. The van der Waals surface area contributed by atoms with Crippen molar-refractivity contribution in [3.8, 4) is 0 Å². The fraction of sp³-hybridized carbons (Fsp3) is 0.500. The van der Waals surface area contributed by atoms with Crippen LogP contribution in [0.15, 0.2) is 0 Å². The maximum absolute atomic E-state index is 10.3. The molecule has 115 valence electrons. The van der Waals surface area contributed by atoms with E-state index >= 15 is 0 Å². The molecule has 0 aromatic carbocycles. The van der Waals surface area contributed by atoms with Gasteiger partial charge in [0.05, 0.1) is 12.8 Å². The smallest absolute Gasteiger partial charge is 0.759 e. The Morgan fingerprint density at radius 2 is 1.16 bits per heavy atom. The quantitative estimate of drug-likeness (QED) is 0.229. The predicted molar refractivity (Wildman–Crippen MR) is 47.6 cm³/mol. The van der Waals surface area contributed by atoms with Crippen molar-refractivity contribution < 1.29 is 69.4 Å². The second-order valence-corrected chi connectivity index (χ2v) is 3.70. The van der Waals surface area contributed by atoms with Crippen LogP contribution in [0.2, 0.25) is 0 Å². The van der Waals surface area contributed by atoms with Crippen molar-refractivity contribution in [2.45, 2.75) is 18.4 Å². The molecular weight excluding hydrogens is 344 g/mol. The van der Waals surface area contributed by atoms with Crippen molar-refractivity contribution in [2.24, 2.45) is 0 Å². The van der Waals surface area contributed by atoms with Crippen molar-refractivity contribution in [1.29, 1.82) is 0 Å². The van der Waals surface area contributed by atoms with E-state index in [0.717, 1.165) is 0 Å². The van der Waals surface area contributed by atoms with Crippen LogP contribution in [-0.4, -0.2) is 61.5 Å². The van der Waals surface area contributed by atoms with E-state index in [2.05, 4.69) is 0 Å². The van der Waals surface area contributed by atoms with Gasteiger partial charge in [-0.25, -0.2) is 4.79 Å². The van der Waals surface area contributed by atoms with Crippen LogP contribution >= 0.6 is 0 Å². The number of hydrogen-bond donors (Lipinski definition) is 4. The van der Waals surface area contributed by atoms with Crippen LogP contribution in [0.25, 0.3) is 0 Å². The number of aliphatic hydroxyl groups is 1. The van der Waals surface area contributed by atoms with Crippen LogP contribution in [0.1, 0.15) is 12.8 Å². The third kappa shape index (κ3) is 16.8. The fourth-order valence-electron chi connectivity index (χ4n) is 0.714. The third-order valence-electron chi connectivity index (χ3n) is 1.29. The summed E-state index contributed by atoms with van der Waals surface area (Å²) in [7, 11) is -5.17. The van der Waals surface area contributed by atoms with Crippen molar-refractivity contribution >= 4 is 28.3 Å². The molecule has 0 saturated heterocycles. The molecule has 0 rings (SSSR count). The predicted octanol–water partition coefficient (Wildman–Crippen LogP) is -2.59. The number of aliphatic carboxylic acids is 3. The average molecular weight is 352 g/mol. The molecule has 0 aliphatic heterocycles. The standard InChI is InChI=1S/C6H8O7.Cu.H2O4S/c7-3(8)1-6(13,5(11)12)2-4(9)10;;1-5(2,3)4/h13H,1-2H2,(H,7,8)(H,9,10)(H,11,12);;(H2,1,2,3,4)/q;+2;/p-2. The van der Waals surface area contributed by atoms with Gasteiger partial charge in [-0.2, -0.15) is 0 Å². The van der Waals surface area contributed by atoms with Crippen LogP contribution in [-0.2, 0) is 41.9 Å². The number of hydrogen-bond acceptors (Lipinski definition) is 8. The first-order chi connectivity index (χ1) is 7.78. The minimum absolute atomic E-state index is 0. The molecule has 0 aromatic heterocycles. The summed E-state index contributed by atoms with van der Waals surface area (Å²) in [6, 6.07) is 0. The summed E-state index contributed by atoms with van der Waals surface area (Å²) >= 11 is 0. The SMILES string of the molecule is O=C(O)CC(O)(CC(=O)O)C(=O)O.O=S(=O)([O-])[O-].[Cu+2]. The maximum Gasteiger partial charge on any atom is 2.00 e. The Bertz CT molecular complexity index is 402. The van der Waals surface area contributed by atoms with Gasteiger partial charge in [-0.1, -0.05) is 0 Å². The largest absolute Gasteiger partial charge is 2.00 e. The topological polar surface area (TPSA) is 212 Å². The van der Waals surface area contributed by atoms with Gasteiger partial charge in [0.1, 0.15) is 0 Å². The monoisotopic (exact) mass is 351 g/mol. The maximum atomic E-state index is 10.3. The molecule has 13 heteroatoms. The Morgan fingerprint density at radius 1 is 0.947 bits per heavy atom. The second kappa shape index (κ2) is 8.79. The summed E-state index contributed by atoms with van der Waals surface area (Å²) in [4.78, 5) is 30.5. The van der Waals surface area contributed by atoms with Gasteiger partial charge < -0.3 is 29.5 Å². The van der Waals surface area contributed by atoms with Gasteiger partial charge in [0, 0.05) is 10.4 Å². The van der Waals surface area contributed by atoms with Crippen molar-refractivity contribution in [3.63, 3.8) is 0 Å². The summed E-state index contributed by atoms with van der Waals surface area (Å²) < 4.78 is 34.1. The van der Waals surface area contributed by atoms with Gasteiger partial charge in [-0.3, -0.25) is 18.0 Å². The molecule has 0 spiro atoms. The number of carboxylic acids is 3. The molecule has 0 atom stereocenters. The second-order valence-electron chi connectivity index (χ2n) is 2.89. The van der Waals surface area contributed by atoms with E-state index in [1.165, 1.54) is 0 Å². The summed E-state index contributed by atoms with van der Waals surface area (Å²) in [5.41, 5.74) is -2.74. The van der Waals surface area contributed by atoms with E-state index in [9.17, 15) is 14.4 Å². The molecule has 0 fully saturated rings. The van der Waals surface area contributed by atoms with Crippen LogP contribution in [0.5, 0.6) is 0 Å². The fourth-order valence-corrected chi connectivity index (χ4v) is 0.714. The summed E-state index contributed by atoms with van der Waals surface area (Å²) in [5.74, 6) is -5.02. The van der Waals surface area contributed by atoms with Crippen LogP contribution in [0.3, 0.4) is 0 Å². The average Bonchev–Trinajstić information content (AvgIpc) is 1.95. The molecule has 0 heterocycles. The van der Waals surface area contributed by atoms with Gasteiger partial charge in [0.25, 0.3) is 0 Å². The van der Waals surface area contributed by atoms with E-state index in [-0.39, 0.29) is 17.1 Å². The molecule has 0 aromatic rings. The van der Waals surface area contributed by atoms with Crippen LogP contribution in [0.4, 0.5) is 0 Å². The Morgan fingerprint density at radius 3 is 1.26 bits per heavy atom. The van der Waals surface area contributed by atoms with E-state index < -0.39 is 46.7 Å². The molecule has 1 radical (unpaired) electrons. The molecule has 0 unspecified atom stereocenters. The van der Waals surface area contributed by atoms with Crippen LogP contribution < -0.4 is 0 Å². The van der Waals surface area contributed by atoms with E-state index in [4.69, 9.17) is 37.9 Å². The number of carboxylic acid groups (broad SMARTS) is 3. The summed E-state index contributed by atoms with van der Waals surface area (Å²) in [5, 5.41) is 33.8. The third-order valence-corrected chi connectivity index (χ3v) is 1.29. The Balaban J connectivity index is -0.000000366. The first kappa shape index (κ1) is 22.9. The molecule has 0 aliphatic carbocycles. The molecule has 0 bridgehead atoms. The van der Waals surface area contributed by atoms with Gasteiger partial charge in [-0.15, -0.1) is 0 Å². The minimum Gasteiger partial charge on any atom is -0.759 e. The van der Waals surface area contributed by atoms with Crippen LogP contribution in [0, 0.1) is 0 Å². The zero-order chi connectivity index (χ0) is 15.1. The van der Waals surface area contributed by atoms with E-state index in [0.29, 0.717) is 0 Å². The summed E-state index contributed by atoms with van der Waals surface area (Å²) in [6.07, 6.45) is -2.29. The molecular formula is C6H8CuO11S. The molecule has 4 N–H and O–H groups in total. The molecule has 0 amide bonds. The molecule has 11 nitrogen and oxygen atoms in total. The minimum atomic E-state index is -5.17.